The van der Waals surface area contributed by atoms with Gasteiger partial charge in [-0.25, -0.2) is 0 Å². The van der Waals surface area contributed by atoms with Crippen LogP contribution in [-0.4, -0.2) is 23.7 Å². The van der Waals surface area contributed by atoms with Gasteiger partial charge in [0.1, 0.15) is 5.69 Å². The van der Waals surface area contributed by atoms with Crippen molar-refractivity contribution in [2.45, 2.75) is 12.5 Å². The van der Waals surface area contributed by atoms with E-state index in [4.69, 9.17) is 4.74 Å². The molecule has 0 aliphatic carbocycles. The highest BCUT2D eigenvalue weighted by Gasteiger charge is 2.34. The molecule has 5 nitrogen and oxygen atoms in total. The minimum Gasteiger partial charge on any atom is -0.376 e. The van der Waals surface area contributed by atoms with E-state index in [1.165, 1.54) is 6.07 Å². The van der Waals surface area contributed by atoms with Gasteiger partial charge in [0.05, 0.1) is 23.7 Å². The van der Waals surface area contributed by atoms with Crippen LogP contribution >= 0.6 is 0 Å². The Morgan fingerprint density at radius 1 is 1.47 bits per heavy atom. The molecule has 1 aromatic rings. The fraction of sp³-hybridized carbons (Fsp3) is 0.400. The largest absolute Gasteiger partial charge is 0.376 e. The lowest BCUT2D eigenvalue weighted by Crippen LogP contribution is -2.53. The maximum absolute atomic E-state index is 10.7. The molecule has 1 saturated heterocycles. The van der Waals surface area contributed by atoms with E-state index in [0.29, 0.717) is 18.9 Å². The summed E-state index contributed by atoms with van der Waals surface area (Å²) in [5.41, 5.74) is 0.477. The lowest BCUT2D eigenvalue weighted by atomic mass is 10.00. The summed E-state index contributed by atoms with van der Waals surface area (Å²) in [7, 11) is 0. The molecule has 1 fully saturated rings. The molecule has 0 aromatic heterocycles. The van der Waals surface area contributed by atoms with E-state index in [2.05, 4.69) is 5.32 Å². The first kappa shape index (κ1) is 9.92. The van der Waals surface area contributed by atoms with Crippen LogP contribution in [-0.2, 0) is 4.74 Å². The zero-order chi connectivity index (χ0) is 10.9. The van der Waals surface area contributed by atoms with Crippen molar-refractivity contribution in [2.75, 3.05) is 18.5 Å². The van der Waals surface area contributed by atoms with E-state index in [1.807, 2.05) is 6.92 Å². The number of hydrogen-bond acceptors (Lipinski definition) is 4. The van der Waals surface area contributed by atoms with Gasteiger partial charge >= 0.3 is 0 Å². The molecule has 1 aliphatic heterocycles. The van der Waals surface area contributed by atoms with E-state index in [1.54, 1.807) is 18.2 Å². The Hall–Kier alpha value is -1.62. The van der Waals surface area contributed by atoms with Gasteiger partial charge in [0, 0.05) is 6.07 Å². The van der Waals surface area contributed by atoms with Crippen molar-refractivity contribution in [2.24, 2.45) is 0 Å². The topological polar surface area (TPSA) is 64.4 Å². The van der Waals surface area contributed by atoms with Crippen molar-refractivity contribution in [3.63, 3.8) is 0 Å². The average molecular weight is 208 g/mol. The summed E-state index contributed by atoms with van der Waals surface area (Å²) in [6.07, 6.45) is 0. The monoisotopic (exact) mass is 208 g/mol. The lowest BCUT2D eigenvalue weighted by Gasteiger charge is -2.39. The number of nitro benzene ring substituents is 1. The molecule has 1 aliphatic rings. The van der Waals surface area contributed by atoms with Crippen LogP contribution in [0.25, 0.3) is 0 Å². The quantitative estimate of drug-likeness (QED) is 0.607. The molecule has 80 valence electrons. The molecular formula is C10H12N2O3. The Morgan fingerprint density at radius 2 is 2.13 bits per heavy atom. The van der Waals surface area contributed by atoms with E-state index >= 15 is 0 Å². The summed E-state index contributed by atoms with van der Waals surface area (Å²) in [6, 6.07) is 6.63. The standard InChI is InChI=1S/C10H12N2O3/c1-10(6-15-7-10)11-8-4-2-3-5-9(8)12(13)14/h2-5,11H,6-7H2,1H3. The second-order valence-electron chi connectivity index (χ2n) is 3.95. The number of nitro groups is 1. The molecule has 0 spiro atoms. The molecule has 2 rings (SSSR count). The zero-order valence-electron chi connectivity index (χ0n) is 8.40. The first-order chi connectivity index (χ1) is 7.11. The first-order valence-corrected chi connectivity index (χ1v) is 4.70. The molecule has 0 atom stereocenters. The Morgan fingerprint density at radius 3 is 2.67 bits per heavy atom. The van der Waals surface area contributed by atoms with E-state index in [9.17, 15) is 10.1 Å². The average Bonchev–Trinajstić information content (AvgIpc) is 2.16. The third-order valence-corrected chi connectivity index (χ3v) is 2.38. The van der Waals surface area contributed by atoms with Crippen molar-refractivity contribution < 1.29 is 9.66 Å². The van der Waals surface area contributed by atoms with Gasteiger partial charge in [-0.05, 0) is 13.0 Å². The zero-order valence-corrected chi connectivity index (χ0v) is 8.40. The highest BCUT2D eigenvalue weighted by molar-refractivity contribution is 5.62. The third-order valence-electron chi connectivity index (χ3n) is 2.38. The van der Waals surface area contributed by atoms with Crippen LogP contribution in [0.1, 0.15) is 6.92 Å². The Balaban J connectivity index is 2.23. The van der Waals surface area contributed by atoms with E-state index < -0.39 is 0 Å². The number of ether oxygens (including phenoxy) is 1. The molecule has 0 unspecified atom stereocenters. The summed E-state index contributed by atoms with van der Waals surface area (Å²) in [6.45, 7) is 3.14. The molecule has 0 amide bonds. The van der Waals surface area contributed by atoms with Crippen molar-refractivity contribution >= 4 is 11.4 Å². The molecule has 0 bridgehead atoms. The molecule has 5 heteroatoms. The molecule has 15 heavy (non-hydrogen) atoms. The predicted molar refractivity (Wildman–Crippen MR) is 55.9 cm³/mol. The van der Waals surface area contributed by atoms with Crippen LogP contribution < -0.4 is 5.32 Å². The predicted octanol–water partition coefficient (Wildman–Crippen LogP) is 1.80. The van der Waals surface area contributed by atoms with Crippen LogP contribution in [0.15, 0.2) is 24.3 Å². The molecular weight excluding hydrogens is 196 g/mol. The minimum absolute atomic E-state index is 0.102. The SMILES string of the molecule is CC1(Nc2ccccc2[N+](=O)[O-])COC1. The van der Waals surface area contributed by atoms with Crippen LogP contribution in [0.5, 0.6) is 0 Å². The van der Waals surface area contributed by atoms with E-state index in [0.717, 1.165) is 0 Å². The summed E-state index contributed by atoms with van der Waals surface area (Å²) >= 11 is 0. The second kappa shape index (κ2) is 3.51. The number of anilines is 1. The highest BCUT2D eigenvalue weighted by Crippen LogP contribution is 2.29. The summed E-state index contributed by atoms with van der Waals surface area (Å²) < 4.78 is 5.08. The van der Waals surface area contributed by atoms with Crippen LogP contribution in [0.2, 0.25) is 0 Å². The molecule has 1 aromatic carbocycles. The fourth-order valence-electron chi connectivity index (χ4n) is 1.54. The van der Waals surface area contributed by atoms with E-state index in [-0.39, 0.29) is 16.1 Å². The fourth-order valence-corrected chi connectivity index (χ4v) is 1.54. The van der Waals surface area contributed by atoms with Gasteiger partial charge in [-0.3, -0.25) is 10.1 Å². The van der Waals surface area contributed by atoms with Crippen LogP contribution in [0, 0.1) is 10.1 Å². The smallest absolute Gasteiger partial charge is 0.292 e. The molecule has 1 heterocycles. The Labute approximate surface area is 87.2 Å². The van der Waals surface area contributed by atoms with Gasteiger partial charge < -0.3 is 10.1 Å². The lowest BCUT2D eigenvalue weighted by molar-refractivity contribution is -0.384. The van der Waals surface area contributed by atoms with Crippen molar-refractivity contribution in [1.29, 1.82) is 0 Å². The van der Waals surface area contributed by atoms with Crippen molar-refractivity contribution in [3.05, 3.63) is 34.4 Å². The number of nitrogens with one attached hydrogen (secondary N) is 1. The van der Waals surface area contributed by atoms with Gasteiger partial charge in [-0.15, -0.1) is 0 Å². The Bertz CT molecular complexity index is 388. The number of para-hydroxylation sites is 2. The van der Waals surface area contributed by atoms with Gasteiger partial charge in [-0.1, -0.05) is 12.1 Å². The maximum atomic E-state index is 10.7. The normalized spacial score (nSPS) is 17.9. The minimum atomic E-state index is -0.384. The van der Waals surface area contributed by atoms with Gasteiger partial charge in [0.15, 0.2) is 0 Å². The number of hydrogen-bond donors (Lipinski definition) is 1. The van der Waals surface area contributed by atoms with Gasteiger partial charge in [-0.2, -0.15) is 0 Å². The Kier molecular flexibility index (Phi) is 2.32. The second-order valence-corrected chi connectivity index (χ2v) is 3.95. The van der Waals surface area contributed by atoms with Crippen LogP contribution in [0.4, 0.5) is 11.4 Å². The summed E-state index contributed by atoms with van der Waals surface area (Å²) in [5, 5.41) is 13.9. The van der Waals surface area contributed by atoms with Gasteiger partial charge in [0.25, 0.3) is 5.69 Å². The molecule has 0 saturated carbocycles. The highest BCUT2D eigenvalue weighted by atomic mass is 16.6. The first-order valence-electron chi connectivity index (χ1n) is 4.70. The molecule has 1 N–H and O–H groups in total. The van der Waals surface area contributed by atoms with Crippen molar-refractivity contribution in [3.8, 4) is 0 Å². The summed E-state index contributed by atoms with van der Waals surface area (Å²) in [5.74, 6) is 0. The third kappa shape index (κ3) is 1.92. The van der Waals surface area contributed by atoms with Crippen LogP contribution in [0.3, 0.4) is 0 Å². The van der Waals surface area contributed by atoms with Crippen molar-refractivity contribution in [1.82, 2.24) is 0 Å². The number of rotatable bonds is 3. The molecule has 0 radical (unpaired) electrons. The van der Waals surface area contributed by atoms with Gasteiger partial charge in [0.2, 0.25) is 0 Å². The maximum Gasteiger partial charge on any atom is 0.292 e. The number of nitrogens with zero attached hydrogens (tertiary/aromatic N) is 1. The number of benzene rings is 1. The summed E-state index contributed by atoms with van der Waals surface area (Å²) in [4.78, 5) is 10.4.